The van der Waals surface area contributed by atoms with Gasteiger partial charge in [0.1, 0.15) is 0 Å². The molecule has 0 fully saturated rings. The van der Waals surface area contributed by atoms with Gasteiger partial charge in [-0.15, -0.1) is 0 Å². The van der Waals surface area contributed by atoms with Crippen LogP contribution in [0.25, 0.3) is 0 Å². The summed E-state index contributed by atoms with van der Waals surface area (Å²) in [4.78, 5) is 22.5. The molecule has 0 unspecified atom stereocenters. The first-order chi connectivity index (χ1) is 5.95. The van der Waals surface area contributed by atoms with E-state index in [0.29, 0.717) is 15.7 Å². The summed E-state index contributed by atoms with van der Waals surface area (Å²) in [5, 5.41) is 0. The Hall–Kier alpha value is -0.900. The van der Waals surface area contributed by atoms with E-state index in [-0.39, 0.29) is 11.3 Å². The highest BCUT2D eigenvalue weighted by Gasteiger charge is 2.10. The fourth-order valence-corrected chi connectivity index (χ4v) is 1.64. The molecule has 4 heteroatoms. The fourth-order valence-electron chi connectivity index (χ4n) is 1.14. The average molecular weight is 244 g/mol. The van der Waals surface area contributed by atoms with Gasteiger partial charge >= 0.3 is 0 Å². The van der Waals surface area contributed by atoms with E-state index < -0.39 is 0 Å². The molecule has 1 heterocycles. The molecule has 70 valence electrons. The number of pyridine rings is 1. The van der Waals surface area contributed by atoms with Gasteiger partial charge in [-0.05, 0) is 35.8 Å². The quantitative estimate of drug-likeness (QED) is 0.704. The van der Waals surface area contributed by atoms with Crippen molar-refractivity contribution in [2.45, 2.75) is 13.8 Å². The molecule has 13 heavy (non-hydrogen) atoms. The van der Waals surface area contributed by atoms with Gasteiger partial charge in [0.25, 0.3) is 5.56 Å². The molecule has 0 aliphatic rings. The molecular formula is C9H10BrNO2. The number of ketones is 1. The van der Waals surface area contributed by atoms with Gasteiger partial charge in [0.15, 0.2) is 5.78 Å². The third-order valence-corrected chi connectivity index (χ3v) is 2.62. The number of carbonyl (C=O) groups is 1. The predicted octanol–water partition coefficient (Wildman–Crippen LogP) is 1.66. The van der Waals surface area contributed by atoms with Crippen LogP contribution in [0.2, 0.25) is 0 Å². The van der Waals surface area contributed by atoms with Gasteiger partial charge in [0, 0.05) is 18.3 Å². The van der Waals surface area contributed by atoms with Crippen LogP contribution in [0, 0.1) is 6.92 Å². The molecule has 0 aromatic carbocycles. The smallest absolute Gasteiger partial charge is 0.264 e. The van der Waals surface area contributed by atoms with Crippen LogP contribution in [-0.2, 0) is 7.05 Å². The lowest BCUT2D eigenvalue weighted by molar-refractivity contribution is 0.101. The number of hydrogen-bond acceptors (Lipinski definition) is 2. The van der Waals surface area contributed by atoms with Crippen LogP contribution in [-0.4, -0.2) is 10.4 Å². The zero-order valence-electron chi connectivity index (χ0n) is 7.72. The van der Waals surface area contributed by atoms with Gasteiger partial charge in [-0.1, -0.05) is 0 Å². The Morgan fingerprint density at radius 1 is 1.54 bits per heavy atom. The first-order valence-electron chi connectivity index (χ1n) is 3.82. The van der Waals surface area contributed by atoms with Crippen molar-refractivity contribution in [3.63, 3.8) is 0 Å². The minimum atomic E-state index is -0.123. The number of rotatable bonds is 1. The molecule has 0 saturated heterocycles. The Kier molecular flexibility index (Phi) is 2.71. The molecule has 0 atom stereocenters. The predicted molar refractivity (Wildman–Crippen MR) is 54.1 cm³/mol. The van der Waals surface area contributed by atoms with Crippen molar-refractivity contribution < 1.29 is 4.79 Å². The molecule has 0 amide bonds. The van der Waals surface area contributed by atoms with Crippen LogP contribution in [0.15, 0.2) is 15.3 Å². The minimum Gasteiger partial charge on any atom is -0.314 e. The summed E-state index contributed by atoms with van der Waals surface area (Å²) in [5.41, 5.74) is 1.15. The lowest BCUT2D eigenvalue weighted by atomic mass is 10.1. The van der Waals surface area contributed by atoms with Crippen molar-refractivity contribution in [2.24, 2.45) is 7.05 Å². The van der Waals surface area contributed by atoms with Crippen molar-refractivity contribution in [2.75, 3.05) is 0 Å². The van der Waals surface area contributed by atoms with Crippen LogP contribution in [0.1, 0.15) is 23.0 Å². The van der Waals surface area contributed by atoms with Crippen molar-refractivity contribution in [3.8, 4) is 0 Å². The molecule has 1 rings (SSSR count). The average Bonchev–Trinajstić information content (AvgIpc) is 2.07. The zero-order chi connectivity index (χ0) is 10.2. The topological polar surface area (TPSA) is 39.1 Å². The number of nitrogens with zero attached hydrogens (tertiary/aromatic N) is 1. The van der Waals surface area contributed by atoms with E-state index in [9.17, 15) is 9.59 Å². The highest BCUT2D eigenvalue weighted by molar-refractivity contribution is 9.10. The SMILES string of the molecule is CC(=O)c1cc(Br)c(=O)n(C)c1C. The molecule has 0 saturated carbocycles. The molecule has 0 bridgehead atoms. The molecule has 0 spiro atoms. The van der Waals surface area contributed by atoms with Gasteiger partial charge < -0.3 is 4.57 Å². The Labute approximate surface area is 84.5 Å². The second-order valence-corrected chi connectivity index (χ2v) is 3.77. The zero-order valence-corrected chi connectivity index (χ0v) is 9.31. The molecule has 0 aliphatic heterocycles. The van der Waals surface area contributed by atoms with Crippen LogP contribution in [0.4, 0.5) is 0 Å². The van der Waals surface area contributed by atoms with Crippen molar-refractivity contribution in [1.29, 1.82) is 0 Å². The van der Waals surface area contributed by atoms with Gasteiger partial charge in [-0.2, -0.15) is 0 Å². The Balaban J connectivity index is 3.60. The van der Waals surface area contributed by atoms with E-state index in [1.165, 1.54) is 11.5 Å². The monoisotopic (exact) mass is 243 g/mol. The maximum Gasteiger partial charge on any atom is 0.264 e. The van der Waals surface area contributed by atoms with E-state index in [4.69, 9.17) is 0 Å². The first-order valence-corrected chi connectivity index (χ1v) is 4.61. The Morgan fingerprint density at radius 2 is 2.08 bits per heavy atom. The van der Waals surface area contributed by atoms with Gasteiger partial charge in [0.05, 0.1) is 4.47 Å². The highest BCUT2D eigenvalue weighted by atomic mass is 79.9. The van der Waals surface area contributed by atoms with E-state index in [0.717, 1.165) is 0 Å². The van der Waals surface area contributed by atoms with E-state index >= 15 is 0 Å². The number of carbonyl (C=O) groups excluding carboxylic acids is 1. The Morgan fingerprint density at radius 3 is 2.54 bits per heavy atom. The number of hydrogen-bond donors (Lipinski definition) is 0. The van der Waals surface area contributed by atoms with Crippen LogP contribution in [0.5, 0.6) is 0 Å². The van der Waals surface area contributed by atoms with Crippen LogP contribution in [0.3, 0.4) is 0 Å². The standard InChI is InChI=1S/C9H10BrNO2/c1-5-7(6(2)12)4-8(10)9(13)11(5)3/h4H,1-3H3. The minimum absolute atomic E-state index is 0.0335. The van der Waals surface area contributed by atoms with E-state index in [1.54, 1.807) is 20.0 Å². The second-order valence-electron chi connectivity index (χ2n) is 2.91. The normalized spacial score (nSPS) is 10.2. The summed E-state index contributed by atoms with van der Waals surface area (Å²) >= 11 is 3.11. The first kappa shape index (κ1) is 10.2. The second kappa shape index (κ2) is 3.46. The third-order valence-electron chi connectivity index (χ3n) is 2.05. The fraction of sp³-hybridized carbons (Fsp3) is 0.333. The molecule has 0 N–H and O–H groups in total. The largest absolute Gasteiger partial charge is 0.314 e. The lowest BCUT2D eigenvalue weighted by Crippen LogP contribution is -2.22. The molecule has 0 aliphatic carbocycles. The van der Waals surface area contributed by atoms with Crippen molar-refractivity contribution in [1.82, 2.24) is 4.57 Å². The Bertz CT molecular complexity index is 420. The summed E-state index contributed by atoms with van der Waals surface area (Å²) < 4.78 is 1.88. The number of Topliss-reactive ketones (excluding diaryl/α,β-unsaturated/α-hetero) is 1. The summed E-state index contributed by atoms with van der Waals surface area (Å²) in [5.74, 6) is -0.0335. The molecule has 1 aromatic heterocycles. The number of aromatic nitrogens is 1. The van der Waals surface area contributed by atoms with Crippen molar-refractivity contribution >= 4 is 21.7 Å². The molecule has 3 nitrogen and oxygen atoms in total. The highest BCUT2D eigenvalue weighted by Crippen LogP contribution is 2.11. The van der Waals surface area contributed by atoms with Crippen molar-refractivity contribution in [3.05, 3.63) is 32.2 Å². The maximum atomic E-state index is 11.4. The molecular weight excluding hydrogens is 234 g/mol. The summed E-state index contributed by atoms with van der Waals surface area (Å²) in [7, 11) is 1.65. The maximum absolute atomic E-state index is 11.4. The summed E-state index contributed by atoms with van der Waals surface area (Å²) in [6, 6.07) is 1.57. The van der Waals surface area contributed by atoms with Gasteiger partial charge in [0.2, 0.25) is 0 Å². The van der Waals surface area contributed by atoms with E-state index in [2.05, 4.69) is 15.9 Å². The molecule has 0 radical (unpaired) electrons. The number of halogens is 1. The summed E-state index contributed by atoms with van der Waals surface area (Å²) in [6.07, 6.45) is 0. The summed E-state index contributed by atoms with van der Waals surface area (Å²) in [6.45, 7) is 3.24. The van der Waals surface area contributed by atoms with E-state index in [1.807, 2.05) is 0 Å². The molecule has 1 aromatic rings. The third kappa shape index (κ3) is 1.72. The van der Waals surface area contributed by atoms with Gasteiger partial charge in [-0.25, -0.2) is 0 Å². The van der Waals surface area contributed by atoms with Crippen LogP contribution >= 0.6 is 15.9 Å². The van der Waals surface area contributed by atoms with Crippen LogP contribution < -0.4 is 5.56 Å². The van der Waals surface area contributed by atoms with Gasteiger partial charge in [-0.3, -0.25) is 9.59 Å². The lowest BCUT2D eigenvalue weighted by Gasteiger charge is -2.08.